The van der Waals surface area contributed by atoms with Crippen LogP contribution >= 0.6 is 0 Å². The maximum absolute atomic E-state index is 12.2. The van der Waals surface area contributed by atoms with Crippen LogP contribution in [0.15, 0.2) is 18.2 Å². The lowest BCUT2D eigenvalue weighted by Crippen LogP contribution is -2.36. The number of nitrogens with zero attached hydrogens (tertiary/aromatic N) is 1. The van der Waals surface area contributed by atoms with Crippen LogP contribution in [0.5, 0.6) is 0 Å². The molecule has 1 N–H and O–H groups in total. The number of piperidine rings is 1. The molecule has 106 valence electrons. The Morgan fingerprint density at radius 3 is 2.75 bits per heavy atom. The first-order chi connectivity index (χ1) is 9.72. The van der Waals surface area contributed by atoms with Gasteiger partial charge in [0, 0.05) is 25.2 Å². The molecule has 2 aliphatic heterocycles. The summed E-state index contributed by atoms with van der Waals surface area (Å²) in [6, 6.07) is 5.94. The Morgan fingerprint density at radius 2 is 1.95 bits per heavy atom. The Labute approximate surface area is 119 Å². The lowest BCUT2D eigenvalue weighted by Gasteiger charge is -2.27. The molecule has 2 heterocycles. The zero-order valence-corrected chi connectivity index (χ0v) is 11.7. The third-order valence-electron chi connectivity index (χ3n) is 4.13. The van der Waals surface area contributed by atoms with Crippen molar-refractivity contribution in [2.75, 3.05) is 18.4 Å². The molecule has 0 aromatic heterocycles. The minimum atomic E-state index is 0.0784. The smallest absolute Gasteiger partial charge is 0.226 e. The normalized spacial score (nSPS) is 18.4. The summed E-state index contributed by atoms with van der Waals surface area (Å²) in [5, 5.41) is 2.87. The monoisotopic (exact) mass is 272 g/mol. The Kier molecular flexibility index (Phi) is 3.72. The van der Waals surface area contributed by atoms with Crippen molar-refractivity contribution < 1.29 is 9.59 Å². The fraction of sp³-hybridized carbons (Fsp3) is 0.500. The van der Waals surface area contributed by atoms with Gasteiger partial charge in [-0.2, -0.15) is 0 Å². The van der Waals surface area contributed by atoms with E-state index in [2.05, 4.69) is 11.4 Å². The quantitative estimate of drug-likeness (QED) is 0.896. The number of fused-ring (bicyclic) bond motifs is 1. The van der Waals surface area contributed by atoms with Crippen molar-refractivity contribution in [2.45, 2.75) is 38.5 Å². The van der Waals surface area contributed by atoms with Crippen LogP contribution in [0.1, 0.15) is 36.8 Å². The number of hydrogen-bond donors (Lipinski definition) is 1. The average molecular weight is 272 g/mol. The third-order valence-corrected chi connectivity index (χ3v) is 4.13. The first-order valence-electron chi connectivity index (χ1n) is 7.42. The average Bonchev–Trinajstić information content (AvgIpc) is 2.48. The SMILES string of the molecule is O=C1CCc2cc(CC(=O)N3CCCCC3)ccc2N1. The number of hydrogen-bond acceptors (Lipinski definition) is 2. The highest BCUT2D eigenvalue weighted by Gasteiger charge is 2.18. The highest BCUT2D eigenvalue weighted by atomic mass is 16.2. The van der Waals surface area contributed by atoms with Crippen LogP contribution < -0.4 is 5.32 Å². The van der Waals surface area contributed by atoms with Gasteiger partial charge in [-0.05, 0) is 42.9 Å². The molecule has 1 aromatic carbocycles. The maximum atomic E-state index is 12.2. The zero-order valence-electron chi connectivity index (χ0n) is 11.7. The minimum absolute atomic E-state index is 0.0784. The van der Waals surface area contributed by atoms with E-state index in [0.717, 1.165) is 49.2 Å². The van der Waals surface area contributed by atoms with Gasteiger partial charge in [-0.1, -0.05) is 12.1 Å². The summed E-state index contributed by atoms with van der Waals surface area (Å²) < 4.78 is 0. The summed E-state index contributed by atoms with van der Waals surface area (Å²) in [4.78, 5) is 25.5. The largest absolute Gasteiger partial charge is 0.342 e. The van der Waals surface area contributed by atoms with Gasteiger partial charge in [0.25, 0.3) is 0 Å². The van der Waals surface area contributed by atoms with Gasteiger partial charge in [0.1, 0.15) is 0 Å². The van der Waals surface area contributed by atoms with E-state index in [1.54, 1.807) is 0 Å². The topological polar surface area (TPSA) is 49.4 Å². The molecule has 2 amide bonds. The van der Waals surface area contributed by atoms with Crippen molar-refractivity contribution in [1.82, 2.24) is 4.90 Å². The van der Waals surface area contributed by atoms with Gasteiger partial charge in [-0.25, -0.2) is 0 Å². The number of nitrogens with one attached hydrogen (secondary N) is 1. The molecule has 0 spiro atoms. The Bertz CT molecular complexity index is 533. The van der Waals surface area contributed by atoms with E-state index in [0.29, 0.717) is 12.8 Å². The van der Waals surface area contributed by atoms with E-state index < -0.39 is 0 Å². The molecular weight excluding hydrogens is 252 g/mol. The van der Waals surface area contributed by atoms with Crippen molar-refractivity contribution in [3.8, 4) is 0 Å². The molecule has 0 aliphatic carbocycles. The summed E-state index contributed by atoms with van der Waals surface area (Å²) in [7, 11) is 0. The summed E-state index contributed by atoms with van der Waals surface area (Å²) >= 11 is 0. The van der Waals surface area contributed by atoms with Crippen molar-refractivity contribution in [3.05, 3.63) is 29.3 Å². The predicted molar refractivity (Wildman–Crippen MR) is 77.5 cm³/mol. The van der Waals surface area contributed by atoms with Crippen molar-refractivity contribution >= 4 is 17.5 Å². The molecule has 2 aliphatic rings. The van der Waals surface area contributed by atoms with Gasteiger partial charge in [-0.3, -0.25) is 9.59 Å². The van der Waals surface area contributed by atoms with Gasteiger partial charge in [0.15, 0.2) is 0 Å². The maximum Gasteiger partial charge on any atom is 0.226 e. The summed E-state index contributed by atoms with van der Waals surface area (Å²) in [6.07, 6.45) is 5.27. The second-order valence-corrected chi connectivity index (χ2v) is 5.66. The molecule has 4 heteroatoms. The van der Waals surface area contributed by atoms with Crippen LogP contribution in [0, 0.1) is 0 Å². The molecule has 0 unspecified atom stereocenters. The lowest BCUT2D eigenvalue weighted by atomic mass is 9.99. The molecule has 0 atom stereocenters. The molecule has 1 fully saturated rings. The molecule has 1 saturated heterocycles. The molecule has 1 aromatic rings. The van der Waals surface area contributed by atoms with Crippen LogP contribution in [0.3, 0.4) is 0 Å². The number of anilines is 1. The van der Waals surface area contributed by atoms with E-state index >= 15 is 0 Å². The van der Waals surface area contributed by atoms with Crippen LogP contribution in [-0.2, 0) is 22.4 Å². The van der Waals surface area contributed by atoms with E-state index in [-0.39, 0.29) is 11.8 Å². The van der Waals surface area contributed by atoms with Crippen molar-refractivity contribution in [2.24, 2.45) is 0 Å². The number of benzene rings is 1. The number of carbonyl (C=O) groups excluding carboxylic acids is 2. The number of aryl methyl sites for hydroxylation is 1. The van der Waals surface area contributed by atoms with Crippen LogP contribution in [-0.4, -0.2) is 29.8 Å². The molecular formula is C16H20N2O2. The number of amides is 2. The second kappa shape index (κ2) is 5.65. The van der Waals surface area contributed by atoms with Gasteiger partial charge in [-0.15, -0.1) is 0 Å². The first-order valence-corrected chi connectivity index (χ1v) is 7.42. The van der Waals surface area contributed by atoms with E-state index in [4.69, 9.17) is 0 Å². The number of rotatable bonds is 2. The fourth-order valence-electron chi connectivity index (χ4n) is 2.98. The van der Waals surface area contributed by atoms with Gasteiger partial charge < -0.3 is 10.2 Å². The lowest BCUT2D eigenvalue weighted by molar-refractivity contribution is -0.131. The highest BCUT2D eigenvalue weighted by Crippen LogP contribution is 2.24. The Hall–Kier alpha value is -1.84. The highest BCUT2D eigenvalue weighted by molar-refractivity contribution is 5.94. The molecule has 0 saturated carbocycles. The standard InChI is InChI=1S/C16H20N2O2/c19-15-7-5-13-10-12(4-6-14(13)17-15)11-16(20)18-8-2-1-3-9-18/h4,6,10H,1-3,5,7-9,11H2,(H,17,19). The van der Waals surface area contributed by atoms with Crippen molar-refractivity contribution in [3.63, 3.8) is 0 Å². The number of carbonyl (C=O) groups is 2. The summed E-state index contributed by atoms with van der Waals surface area (Å²) in [5.74, 6) is 0.305. The Balaban J connectivity index is 1.68. The molecule has 0 bridgehead atoms. The second-order valence-electron chi connectivity index (χ2n) is 5.66. The summed E-state index contributed by atoms with van der Waals surface area (Å²) in [6.45, 7) is 1.81. The van der Waals surface area contributed by atoms with Gasteiger partial charge in [0.05, 0.1) is 6.42 Å². The zero-order chi connectivity index (χ0) is 13.9. The number of likely N-dealkylation sites (tertiary alicyclic amines) is 1. The van der Waals surface area contributed by atoms with E-state index in [1.807, 2.05) is 17.0 Å². The van der Waals surface area contributed by atoms with Crippen LogP contribution in [0.4, 0.5) is 5.69 Å². The third kappa shape index (κ3) is 2.84. The molecule has 0 radical (unpaired) electrons. The van der Waals surface area contributed by atoms with Gasteiger partial charge in [0.2, 0.25) is 11.8 Å². The fourth-order valence-corrected chi connectivity index (χ4v) is 2.98. The molecule has 4 nitrogen and oxygen atoms in total. The van der Waals surface area contributed by atoms with Crippen LogP contribution in [0.2, 0.25) is 0 Å². The Morgan fingerprint density at radius 1 is 1.15 bits per heavy atom. The molecule has 3 rings (SSSR count). The first kappa shape index (κ1) is 13.2. The van der Waals surface area contributed by atoms with Crippen molar-refractivity contribution in [1.29, 1.82) is 0 Å². The van der Waals surface area contributed by atoms with Crippen LogP contribution in [0.25, 0.3) is 0 Å². The minimum Gasteiger partial charge on any atom is -0.342 e. The molecule has 20 heavy (non-hydrogen) atoms. The van der Waals surface area contributed by atoms with E-state index in [1.165, 1.54) is 6.42 Å². The summed E-state index contributed by atoms with van der Waals surface area (Å²) in [5.41, 5.74) is 3.10. The van der Waals surface area contributed by atoms with E-state index in [9.17, 15) is 9.59 Å². The predicted octanol–water partition coefficient (Wildman–Crippen LogP) is 2.13. The van der Waals surface area contributed by atoms with Gasteiger partial charge >= 0.3 is 0 Å².